The van der Waals surface area contributed by atoms with Crippen molar-refractivity contribution in [2.24, 2.45) is 0 Å². The second-order valence-corrected chi connectivity index (χ2v) is 5.39. The van der Waals surface area contributed by atoms with E-state index >= 15 is 0 Å². The van der Waals surface area contributed by atoms with Crippen LogP contribution in [0.25, 0.3) is 0 Å². The second-order valence-electron chi connectivity index (χ2n) is 5.39. The van der Waals surface area contributed by atoms with E-state index in [1.807, 2.05) is 4.90 Å². The van der Waals surface area contributed by atoms with Crippen LogP contribution < -0.4 is 5.32 Å². The predicted octanol–water partition coefficient (Wildman–Crippen LogP) is 0.105. The van der Waals surface area contributed by atoms with Gasteiger partial charge in [0.15, 0.2) is 0 Å². The molecule has 0 aromatic heterocycles. The SMILES string of the molecule is CN(C)C1CCCN(C(=O)C2CC(O)CN2)C1.Cl.Cl. The number of likely N-dealkylation sites (tertiary alicyclic amines) is 1. The third-order valence-electron chi connectivity index (χ3n) is 3.84. The van der Waals surface area contributed by atoms with Crippen molar-refractivity contribution in [1.82, 2.24) is 15.1 Å². The van der Waals surface area contributed by atoms with Gasteiger partial charge in [-0.1, -0.05) is 0 Å². The molecule has 2 aliphatic heterocycles. The Morgan fingerprint density at radius 2 is 2.05 bits per heavy atom. The van der Waals surface area contributed by atoms with E-state index in [0.29, 0.717) is 19.0 Å². The summed E-state index contributed by atoms with van der Waals surface area (Å²) in [6, 6.07) is 0.296. The number of likely N-dealkylation sites (N-methyl/N-ethyl adjacent to an activating group) is 1. The summed E-state index contributed by atoms with van der Waals surface area (Å²) in [5.74, 6) is 0.160. The zero-order valence-electron chi connectivity index (χ0n) is 11.5. The van der Waals surface area contributed by atoms with Crippen LogP contribution in [0.5, 0.6) is 0 Å². The fourth-order valence-corrected chi connectivity index (χ4v) is 2.70. The van der Waals surface area contributed by atoms with Gasteiger partial charge in [-0.2, -0.15) is 0 Å². The molecule has 2 saturated heterocycles. The summed E-state index contributed by atoms with van der Waals surface area (Å²) in [6.45, 7) is 2.22. The quantitative estimate of drug-likeness (QED) is 0.759. The Bertz CT molecular complexity index is 292. The van der Waals surface area contributed by atoms with E-state index in [1.54, 1.807) is 0 Å². The lowest BCUT2D eigenvalue weighted by Gasteiger charge is -2.37. The maximum Gasteiger partial charge on any atom is 0.239 e. The molecule has 0 bridgehead atoms. The zero-order chi connectivity index (χ0) is 12.4. The standard InChI is InChI=1S/C12H23N3O2.2ClH/c1-14(2)9-4-3-5-15(8-9)12(17)11-6-10(16)7-13-11;;/h9-11,13,16H,3-8H2,1-2H3;2*1H. The van der Waals surface area contributed by atoms with Gasteiger partial charge in [-0.3, -0.25) is 4.79 Å². The maximum atomic E-state index is 12.2. The number of nitrogens with zero attached hydrogens (tertiary/aromatic N) is 2. The minimum Gasteiger partial charge on any atom is -0.392 e. The van der Waals surface area contributed by atoms with Gasteiger partial charge in [0.2, 0.25) is 5.91 Å². The molecule has 2 rings (SSSR count). The Labute approximate surface area is 127 Å². The van der Waals surface area contributed by atoms with Crippen LogP contribution in [0.4, 0.5) is 0 Å². The highest BCUT2D eigenvalue weighted by molar-refractivity contribution is 5.85. The number of carbonyl (C=O) groups excluding carboxylic acids is 1. The van der Waals surface area contributed by atoms with Gasteiger partial charge in [0.1, 0.15) is 0 Å². The number of β-amino-alcohol motifs (C(OH)–C–C–N with tert-alkyl or cyclic N) is 1. The van der Waals surface area contributed by atoms with Crippen LogP contribution in [0.2, 0.25) is 0 Å². The molecule has 19 heavy (non-hydrogen) atoms. The molecule has 0 aromatic rings. The largest absolute Gasteiger partial charge is 0.392 e. The number of carbonyl (C=O) groups is 1. The Morgan fingerprint density at radius 1 is 1.37 bits per heavy atom. The van der Waals surface area contributed by atoms with E-state index < -0.39 is 0 Å². The molecule has 0 spiro atoms. The van der Waals surface area contributed by atoms with E-state index in [0.717, 1.165) is 25.9 Å². The summed E-state index contributed by atoms with van der Waals surface area (Å²) in [5, 5.41) is 12.5. The van der Waals surface area contributed by atoms with E-state index in [9.17, 15) is 9.90 Å². The molecule has 1 amide bonds. The van der Waals surface area contributed by atoms with Crippen molar-refractivity contribution in [3.05, 3.63) is 0 Å². The van der Waals surface area contributed by atoms with E-state index in [2.05, 4.69) is 24.3 Å². The normalized spacial score (nSPS) is 30.7. The van der Waals surface area contributed by atoms with E-state index in [4.69, 9.17) is 0 Å². The number of nitrogens with one attached hydrogen (secondary N) is 1. The zero-order valence-corrected chi connectivity index (χ0v) is 13.2. The molecule has 3 atom stereocenters. The van der Waals surface area contributed by atoms with Crippen molar-refractivity contribution < 1.29 is 9.90 Å². The lowest BCUT2D eigenvalue weighted by Crippen LogP contribution is -2.52. The average molecular weight is 314 g/mol. The van der Waals surface area contributed by atoms with Gasteiger partial charge in [0.25, 0.3) is 0 Å². The van der Waals surface area contributed by atoms with Crippen LogP contribution in [-0.4, -0.2) is 72.7 Å². The molecule has 2 fully saturated rings. The summed E-state index contributed by atoms with van der Waals surface area (Å²) in [5.41, 5.74) is 0. The van der Waals surface area contributed by atoms with Crippen molar-refractivity contribution in [3.8, 4) is 0 Å². The van der Waals surface area contributed by atoms with Crippen molar-refractivity contribution in [2.75, 3.05) is 33.7 Å². The molecule has 0 radical (unpaired) electrons. The van der Waals surface area contributed by atoms with Gasteiger partial charge >= 0.3 is 0 Å². The third kappa shape index (κ3) is 4.76. The fraction of sp³-hybridized carbons (Fsp3) is 0.917. The minimum atomic E-state index is -0.363. The molecule has 3 unspecified atom stereocenters. The van der Waals surface area contributed by atoms with Crippen LogP contribution in [0.3, 0.4) is 0 Å². The third-order valence-corrected chi connectivity index (χ3v) is 3.84. The Balaban J connectivity index is 0.00000162. The van der Waals surface area contributed by atoms with Crippen LogP contribution in [-0.2, 0) is 4.79 Å². The molecular formula is C12H25Cl2N3O2. The Morgan fingerprint density at radius 3 is 2.58 bits per heavy atom. The average Bonchev–Trinajstić information content (AvgIpc) is 2.75. The first-order valence-corrected chi connectivity index (χ1v) is 6.44. The summed E-state index contributed by atoms with van der Waals surface area (Å²) in [4.78, 5) is 16.4. The van der Waals surface area contributed by atoms with Gasteiger partial charge in [-0.25, -0.2) is 0 Å². The molecular weight excluding hydrogens is 289 g/mol. The minimum absolute atomic E-state index is 0. The van der Waals surface area contributed by atoms with Crippen LogP contribution in [0.1, 0.15) is 19.3 Å². The fourth-order valence-electron chi connectivity index (χ4n) is 2.70. The van der Waals surface area contributed by atoms with Gasteiger partial charge in [0, 0.05) is 25.7 Å². The number of hydrogen-bond acceptors (Lipinski definition) is 4. The van der Waals surface area contributed by atoms with Crippen molar-refractivity contribution >= 4 is 30.7 Å². The lowest BCUT2D eigenvalue weighted by molar-refractivity contribution is -0.135. The molecule has 5 nitrogen and oxygen atoms in total. The van der Waals surface area contributed by atoms with Gasteiger partial charge in [-0.15, -0.1) is 24.8 Å². The monoisotopic (exact) mass is 313 g/mol. The first kappa shape index (κ1) is 18.9. The Hall–Kier alpha value is -0.0700. The van der Waals surface area contributed by atoms with Crippen molar-refractivity contribution in [3.63, 3.8) is 0 Å². The van der Waals surface area contributed by atoms with E-state index in [1.165, 1.54) is 0 Å². The number of piperidine rings is 1. The number of aliphatic hydroxyl groups is 1. The van der Waals surface area contributed by atoms with Gasteiger partial charge in [-0.05, 0) is 33.4 Å². The molecule has 2 heterocycles. The maximum absolute atomic E-state index is 12.2. The van der Waals surface area contributed by atoms with E-state index in [-0.39, 0.29) is 42.9 Å². The first-order chi connectivity index (χ1) is 8.08. The van der Waals surface area contributed by atoms with Crippen LogP contribution >= 0.6 is 24.8 Å². The lowest BCUT2D eigenvalue weighted by atomic mass is 10.0. The Kier molecular flexibility index (Phi) is 8.24. The summed E-state index contributed by atoms with van der Waals surface area (Å²) in [7, 11) is 4.13. The highest BCUT2D eigenvalue weighted by Gasteiger charge is 2.33. The molecule has 2 N–H and O–H groups in total. The van der Waals surface area contributed by atoms with Crippen molar-refractivity contribution in [2.45, 2.75) is 37.5 Å². The molecule has 7 heteroatoms. The van der Waals surface area contributed by atoms with Crippen molar-refractivity contribution in [1.29, 1.82) is 0 Å². The summed E-state index contributed by atoms with van der Waals surface area (Å²) >= 11 is 0. The number of aliphatic hydroxyl groups excluding tert-OH is 1. The topological polar surface area (TPSA) is 55.8 Å². The predicted molar refractivity (Wildman–Crippen MR) is 80.2 cm³/mol. The number of halogens is 2. The molecule has 0 aromatic carbocycles. The summed E-state index contributed by atoms with van der Waals surface area (Å²) < 4.78 is 0. The molecule has 0 saturated carbocycles. The molecule has 0 aliphatic carbocycles. The van der Waals surface area contributed by atoms with Gasteiger partial charge < -0.3 is 20.2 Å². The number of amides is 1. The first-order valence-electron chi connectivity index (χ1n) is 6.44. The number of hydrogen-bond donors (Lipinski definition) is 2. The summed E-state index contributed by atoms with van der Waals surface area (Å²) in [6.07, 6.45) is 2.43. The molecule has 2 aliphatic rings. The van der Waals surface area contributed by atoms with Crippen LogP contribution in [0.15, 0.2) is 0 Å². The number of rotatable bonds is 2. The van der Waals surface area contributed by atoms with Gasteiger partial charge in [0.05, 0.1) is 12.1 Å². The smallest absolute Gasteiger partial charge is 0.239 e. The second kappa shape index (κ2) is 8.27. The molecule has 114 valence electrons. The highest BCUT2D eigenvalue weighted by atomic mass is 35.5. The van der Waals surface area contributed by atoms with Crippen LogP contribution in [0, 0.1) is 0 Å². The highest BCUT2D eigenvalue weighted by Crippen LogP contribution is 2.17.